The molecule has 0 radical (unpaired) electrons. The van der Waals surface area contributed by atoms with Gasteiger partial charge < -0.3 is 18.9 Å². The lowest BCUT2D eigenvalue weighted by Crippen LogP contribution is -2.41. The van der Waals surface area contributed by atoms with Crippen molar-refractivity contribution in [3.8, 4) is 11.5 Å². The zero-order chi connectivity index (χ0) is 15.1. The molecule has 114 valence electrons. The summed E-state index contributed by atoms with van der Waals surface area (Å²) in [6.45, 7) is 3.91. The number of hydrogen-bond donors (Lipinski definition) is 0. The summed E-state index contributed by atoms with van der Waals surface area (Å²) >= 11 is 0. The molecule has 4 rings (SSSR count). The fourth-order valence-corrected chi connectivity index (χ4v) is 3.33. The van der Waals surface area contributed by atoms with Crippen molar-refractivity contribution in [3.05, 3.63) is 47.8 Å². The van der Waals surface area contributed by atoms with Gasteiger partial charge in [-0.1, -0.05) is 6.92 Å². The van der Waals surface area contributed by atoms with Crippen molar-refractivity contribution in [2.45, 2.75) is 25.9 Å². The Labute approximate surface area is 129 Å². The number of aromatic nitrogens is 1. The van der Waals surface area contributed by atoms with Gasteiger partial charge in [0.15, 0.2) is 11.5 Å². The quantitative estimate of drug-likeness (QED) is 0.856. The van der Waals surface area contributed by atoms with E-state index in [-0.39, 0.29) is 18.7 Å². The standard InChI is InChI=1S/C17H18N2O3/c1-2-13-14-4-3-7-18(14)8-9-19(13)17(20)12-5-6-15-16(10-12)22-11-21-15/h3-7,10,13H,2,8-9,11H2,1H3/t13-/m1/s1. The number of carbonyl (C=O) groups excluding carboxylic acids is 1. The van der Waals surface area contributed by atoms with Gasteiger partial charge in [-0.05, 0) is 36.8 Å². The summed E-state index contributed by atoms with van der Waals surface area (Å²) in [5.41, 5.74) is 1.87. The van der Waals surface area contributed by atoms with Gasteiger partial charge in [-0.15, -0.1) is 0 Å². The van der Waals surface area contributed by atoms with Crippen molar-refractivity contribution in [1.29, 1.82) is 0 Å². The van der Waals surface area contributed by atoms with Crippen LogP contribution in [0.2, 0.25) is 0 Å². The van der Waals surface area contributed by atoms with Crippen LogP contribution in [0.15, 0.2) is 36.5 Å². The van der Waals surface area contributed by atoms with Gasteiger partial charge in [-0.25, -0.2) is 0 Å². The summed E-state index contributed by atoms with van der Waals surface area (Å²) in [6.07, 6.45) is 2.99. The van der Waals surface area contributed by atoms with Gasteiger partial charge in [0.2, 0.25) is 6.79 Å². The van der Waals surface area contributed by atoms with E-state index in [9.17, 15) is 4.79 Å². The summed E-state index contributed by atoms with van der Waals surface area (Å²) in [4.78, 5) is 14.9. The zero-order valence-corrected chi connectivity index (χ0v) is 12.5. The summed E-state index contributed by atoms with van der Waals surface area (Å²) < 4.78 is 12.9. The number of amides is 1. The molecule has 22 heavy (non-hydrogen) atoms. The molecule has 5 nitrogen and oxygen atoms in total. The molecule has 1 atom stereocenters. The van der Waals surface area contributed by atoms with Gasteiger partial charge in [0.1, 0.15) is 0 Å². The highest BCUT2D eigenvalue weighted by Crippen LogP contribution is 2.35. The van der Waals surface area contributed by atoms with Crippen LogP contribution in [0, 0.1) is 0 Å². The molecule has 1 amide bonds. The molecule has 1 aromatic carbocycles. The van der Waals surface area contributed by atoms with Crippen molar-refractivity contribution >= 4 is 5.91 Å². The first-order chi connectivity index (χ1) is 10.8. The molecule has 0 unspecified atom stereocenters. The Kier molecular flexibility index (Phi) is 3.06. The molecular weight excluding hydrogens is 280 g/mol. The molecule has 5 heteroatoms. The minimum absolute atomic E-state index is 0.0533. The van der Waals surface area contributed by atoms with E-state index in [2.05, 4.69) is 23.8 Å². The predicted molar refractivity (Wildman–Crippen MR) is 81.1 cm³/mol. The average Bonchev–Trinajstić information content (AvgIpc) is 3.20. The Hall–Kier alpha value is -2.43. The predicted octanol–water partition coefficient (Wildman–Crippen LogP) is 2.82. The Morgan fingerprint density at radius 1 is 1.23 bits per heavy atom. The largest absolute Gasteiger partial charge is 0.454 e. The highest BCUT2D eigenvalue weighted by molar-refractivity contribution is 5.95. The van der Waals surface area contributed by atoms with Gasteiger partial charge >= 0.3 is 0 Å². The molecule has 0 saturated carbocycles. The summed E-state index contributed by atoms with van der Waals surface area (Å²) in [6, 6.07) is 9.69. The molecule has 0 spiro atoms. The van der Waals surface area contributed by atoms with Gasteiger partial charge in [0, 0.05) is 30.5 Å². The van der Waals surface area contributed by atoms with Gasteiger partial charge in [0.25, 0.3) is 5.91 Å². The van der Waals surface area contributed by atoms with Crippen molar-refractivity contribution < 1.29 is 14.3 Å². The lowest BCUT2D eigenvalue weighted by Gasteiger charge is -2.36. The second-order valence-electron chi connectivity index (χ2n) is 5.62. The summed E-state index contributed by atoms with van der Waals surface area (Å²) in [5.74, 6) is 1.41. The van der Waals surface area contributed by atoms with Crippen LogP contribution in [0.1, 0.15) is 35.4 Å². The molecule has 0 bridgehead atoms. The molecule has 0 aliphatic carbocycles. The van der Waals surface area contributed by atoms with E-state index in [0.29, 0.717) is 17.1 Å². The number of hydrogen-bond acceptors (Lipinski definition) is 3. The van der Waals surface area contributed by atoms with Crippen LogP contribution in [0.3, 0.4) is 0 Å². The van der Waals surface area contributed by atoms with Crippen LogP contribution in [-0.4, -0.2) is 28.7 Å². The average molecular weight is 298 g/mol. The third kappa shape index (κ3) is 1.96. The maximum atomic E-state index is 12.9. The summed E-state index contributed by atoms with van der Waals surface area (Å²) in [7, 11) is 0. The molecule has 0 N–H and O–H groups in total. The monoisotopic (exact) mass is 298 g/mol. The first-order valence-corrected chi connectivity index (χ1v) is 7.63. The Balaban J connectivity index is 1.65. The van der Waals surface area contributed by atoms with Crippen LogP contribution >= 0.6 is 0 Å². The minimum Gasteiger partial charge on any atom is -0.454 e. The second-order valence-corrected chi connectivity index (χ2v) is 5.62. The first-order valence-electron chi connectivity index (χ1n) is 7.63. The fourth-order valence-electron chi connectivity index (χ4n) is 3.33. The third-order valence-corrected chi connectivity index (χ3v) is 4.43. The van der Waals surface area contributed by atoms with Gasteiger partial charge in [-0.3, -0.25) is 4.79 Å². The van der Waals surface area contributed by atoms with Crippen LogP contribution in [0.5, 0.6) is 11.5 Å². The molecule has 2 aromatic rings. The topological polar surface area (TPSA) is 43.7 Å². The maximum absolute atomic E-state index is 12.9. The highest BCUT2D eigenvalue weighted by Gasteiger charge is 2.30. The fraction of sp³-hybridized carbons (Fsp3) is 0.353. The number of fused-ring (bicyclic) bond motifs is 2. The van der Waals surface area contributed by atoms with E-state index in [4.69, 9.17) is 9.47 Å². The molecule has 3 heterocycles. The lowest BCUT2D eigenvalue weighted by molar-refractivity contribution is 0.0617. The third-order valence-electron chi connectivity index (χ3n) is 4.43. The molecule has 1 aromatic heterocycles. The Morgan fingerprint density at radius 2 is 2.09 bits per heavy atom. The van der Waals surface area contributed by atoms with Crippen molar-refractivity contribution in [1.82, 2.24) is 9.47 Å². The van der Waals surface area contributed by atoms with Gasteiger partial charge in [0.05, 0.1) is 6.04 Å². The van der Waals surface area contributed by atoms with E-state index in [1.54, 1.807) is 6.07 Å². The van der Waals surface area contributed by atoms with Crippen LogP contribution in [0.25, 0.3) is 0 Å². The second kappa shape index (κ2) is 5.09. The van der Waals surface area contributed by atoms with E-state index >= 15 is 0 Å². The summed E-state index contributed by atoms with van der Waals surface area (Å²) in [5, 5.41) is 0. The normalized spacial score (nSPS) is 19.1. The van der Waals surface area contributed by atoms with E-state index in [0.717, 1.165) is 19.5 Å². The van der Waals surface area contributed by atoms with Crippen LogP contribution in [-0.2, 0) is 6.54 Å². The molecule has 0 saturated heterocycles. The van der Waals surface area contributed by atoms with Crippen molar-refractivity contribution in [2.24, 2.45) is 0 Å². The Bertz CT molecular complexity index is 722. The number of rotatable bonds is 2. The van der Waals surface area contributed by atoms with E-state index in [1.165, 1.54) is 5.69 Å². The van der Waals surface area contributed by atoms with Crippen LogP contribution in [0.4, 0.5) is 0 Å². The zero-order valence-electron chi connectivity index (χ0n) is 12.5. The molecular formula is C17H18N2O3. The van der Waals surface area contributed by atoms with Gasteiger partial charge in [-0.2, -0.15) is 0 Å². The van der Waals surface area contributed by atoms with E-state index < -0.39 is 0 Å². The smallest absolute Gasteiger partial charge is 0.254 e. The number of benzene rings is 1. The number of carbonyl (C=O) groups is 1. The lowest BCUT2D eigenvalue weighted by atomic mass is 10.0. The SMILES string of the molecule is CC[C@@H]1c2cccn2CCN1C(=O)c1ccc2c(c1)OCO2. The Morgan fingerprint density at radius 3 is 2.95 bits per heavy atom. The van der Waals surface area contributed by atoms with Crippen LogP contribution < -0.4 is 9.47 Å². The maximum Gasteiger partial charge on any atom is 0.254 e. The van der Waals surface area contributed by atoms with Crippen molar-refractivity contribution in [2.75, 3.05) is 13.3 Å². The number of ether oxygens (including phenoxy) is 2. The minimum atomic E-state index is 0.0533. The first kappa shape index (κ1) is 13.2. The molecule has 0 fully saturated rings. The van der Waals surface area contributed by atoms with Crippen molar-refractivity contribution in [3.63, 3.8) is 0 Å². The molecule has 2 aliphatic rings. The molecule has 2 aliphatic heterocycles. The van der Waals surface area contributed by atoms with E-state index in [1.807, 2.05) is 23.1 Å². The number of nitrogens with zero attached hydrogens (tertiary/aromatic N) is 2. The highest BCUT2D eigenvalue weighted by atomic mass is 16.7.